The van der Waals surface area contributed by atoms with Crippen molar-refractivity contribution < 1.29 is 14.7 Å². The van der Waals surface area contributed by atoms with Gasteiger partial charge in [-0.2, -0.15) is 0 Å². The molecule has 0 saturated carbocycles. The highest BCUT2D eigenvalue weighted by Gasteiger charge is 2.22. The molecule has 0 bridgehead atoms. The molecule has 0 spiro atoms. The van der Waals surface area contributed by atoms with Crippen molar-refractivity contribution in [2.75, 3.05) is 38.0 Å². The number of carboxylic acids is 1. The molecule has 2 amide bonds. The summed E-state index contributed by atoms with van der Waals surface area (Å²) >= 11 is 3.35. The number of urea groups is 1. The third kappa shape index (κ3) is 4.21. The number of nitrogens with one attached hydrogen (secondary N) is 1. The van der Waals surface area contributed by atoms with Gasteiger partial charge in [-0.1, -0.05) is 22.0 Å². The number of carbonyl (C=O) groups is 2. The Bertz CT molecular complexity index is 501. The molecule has 2 N–H and O–H groups in total. The van der Waals surface area contributed by atoms with Crippen molar-refractivity contribution >= 4 is 33.6 Å². The second kappa shape index (κ2) is 6.71. The molecule has 1 saturated heterocycles. The van der Waals surface area contributed by atoms with E-state index in [1.165, 1.54) is 0 Å². The molecule has 6 nitrogen and oxygen atoms in total. The van der Waals surface area contributed by atoms with Crippen LogP contribution in [0.2, 0.25) is 0 Å². The molecule has 0 radical (unpaired) electrons. The Morgan fingerprint density at radius 2 is 1.95 bits per heavy atom. The molecule has 0 unspecified atom stereocenters. The predicted octanol–water partition coefficient (Wildman–Crippen LogP) is 1.68. The Morgan fingerprint density at radius 1 is 1.25 bits per heavy atom. The molecule has 2 rings (SSSR count). The van der Waals surface area contributed by atoms with Gasteiger partial charge < -0.3 is 15.3 Å². The summed E-state index contributed by atoms with van der Waals surface area (Å²) in [6.07, 6.45) is 0. The lowest BCUT2D eigenvalue weighted by molar-refractivity contribution is -0.138. The zero-order valence-electron chi connectivity index (χ0n) is 10.9. The summed E-state index contributed by atoms with van der Waals surface area (Å²) in [4.78, 5) is 26.2. The van der Waals surface area contributed by atoms with Gasteiger partial charge in [0.15, 0.2) is 0 Å². The van der Waals surface area contributed by atoms with E-state index in [0.29, 0.717) is 26.2 Å². The van der Waals surface area contributed by atoms with E-state index in [1.54, 1.807) is 4.90 Å². The molecule has 0 aliphatic carbocycles. The standard InChI is InChI=1S/C13H16BrN3O3/c14-10-2-1-3-11(8-10)15-13(20)17-6-4-16(5-7-17)9-12(18)19/h1-3,8H,4-7,9H2,(H,15,20)(H,18,19). The fourth-order valence-electron chi connectivity index (χ4n) is 2.07. The van der Waals surface area contributed by atoms with Gasteiger partial charge in [0.25, 0.3) is 0 Å². The third-order valence-corrected chi connectivity index (χ3v) is 3.59. The number of anilines is 1. The number of rotatable bonds is 3. The molecular formula is C13H16BrN3O3. The molecule has 0 aromatic heterocycles. The topological polar surface area (TPSA) is 72.9 Å². The number of carboxylic acid groups (broad SMARTS) is 1. The van der Waals surface area contributed by atoms with Crippen LogP contribution in [0.25, 0.3) is 0 Å². The van der Waals surface area contributed by atoms with Gasteiger partial charge in [-0.25, -0.2) is 4.79 Å². The van der Waals surface area contributed by atoms with E-state index in [0.717, 1.165) is 10.2 Å². The van der Waals surface area contributed by atoms with E-state index < -0.39 is 5.97 Å². The van der Waals surface area contributed by atoms with Crippen LogP contribution < -0.4 is 5.32 Å². The number of hydrogen-bond acceptors (Lipinski definition) is 3. The van der Waals surface area contributed by atoms with Gasteiger partial charge in [-0.3, -0.25) is 9.69 Å². The third-order valence-electron chi connectivity index (χ3n) is 3.09. The minimum absolute atomic E-state index is 0.0289. The van der Waals surface area contributed by atoms with E-state index >= 15 is 0 Å². The van der Waals surface area contributed by atoms with Crippen molar-refractivity contribution in [3.05, 3.63) is 28.7 Å². The Morgan fingerprint density at radius 3 is 2.55 bits per heavy atom. The molecule has 1 aliphatic rings. The number of benzene rings is 1. The van der Waals surface area contributed by atoms with Crippen molar-refractivity contribution in [2.24, 2.45) is 0 Å². The number of hydrogen-bond donors (Lipinski definition) is 2. The number of halogens is 1. The minimum atomic E-state index is -0.836. The van der Waals surface area contributed by atoms with Crippen molar-refractivity contribution in [2.45, 2.75) is 0 Å². The summed E-state index contributed by atoms with van der Waals surface area (Å²) < 4.78 is 0.904. The summed E-state index contributed by atoms with van der Waals surface area (Å²) in [5.74, 6) is -0.836. The zero-order valence-corrected chi connectivity index (χ0v) is 12.5. The van der Waals surface area contributed by atoms with Crippen molar-refractivity contribution in [3.63, 3.8) is 0 Å². The van der Waals surface area contributed by atoms with Crippen LogP contribution in [-0.2, 0) is 4.79 Å². The van der Waals surface area contributed by atoms with Gasteiger partial charge in [0.05, 0.1) is 6.54 Å². The van der Waals surface area contributed by atoms with Crippen LogP contribution in [0, 0.1) is 0 Å². The molecule has 7 heteroatoms. The maximum Gasteiger partial charge on any atom is 0.321 e. The Hall–Kier alpha value is -1.60. The second-order valence-corrected chi connectivity index (χ2v) is 5.51. The van der Waals surface area contributed by atoms with Gasteiger partial charge >= 0.3 is 12.0 Å². The number of piperazine rings is 1. The number of amides is 2. The van der Waals surface area contributed by atoms with E-state index in [1.807, 2.05) is 29.2 Å². The Labute approximate surface area is 125 Å². The minimum Gasteiger partial charge on any atom is -0.480 e. The van der Waals surface area contributed by atoms with Crippen molar-refractivity contribution in [3.8, 4) is 0 Å². The van der Waals surface area contributed by atoms with Gasteiger partial charge in [0.1, 0.15) is 0 Å². The maximum atomic E-state index is 12.1. The van der Waals surface area contributed by atoms with Gasteiger partial charge in [-0.15, -0.1) is 0 Å². The highest BCUT2D eigenvalue weighted by atomic mass is 79.9. The van der Waals surface area contributed by atoms with E-state index in [4.69, 9.17) is 5.11 Å². The molecule has 1 aromatic rings. The van der Waals surface area contributed by atoms with E-state index in [-0.39, 0.29) is 12.6 Å². The molecular weight excluding hydrogens is 326 g/mol. The Balaban J connectivity index is 1.84. The van der Waals surface area contributed by atoms with Crippen molar-refractivity contribution in [1.29, 1.82) is 0 Å². The predicted molar refractivity (Wildman–Crippen MR) is 78.8 cm³/mol. The first kappa shape index (κ1) is 14.8. The maximum absolute atomic E-state index is 12.1. The SMILES string of the molecule is O=C(O)CN1CCN(C(=O)Nc2cccc(Br)c2)CC1. The lowest BCUT2D eigenvalue weighted by Gasteiger charge is -2.33. The average Bonchev–Trinajstić information content (AvgIpc) is 2.38. The Kier molecular flexibility index (Phi) is 4.97. The summed E-state index contributed by atoms with van der Waals surface area (Å²) in [5, 5.41) is 11.6. The van der Waals surface area contributed by atoms with E-state index in [9.17, 15) is 9.59 Å². The summed E-state index contributed by atoms with van der Waals surface area (Å²) in [5.41, 5.74) is 0.734. The first-order valence-electron chi connectivity index (χ1n) is 6.30. The van der Waals surface area contributed by atoms with Crippen molar-refractivity contribution in [1.82, 2.24) is 9.80 Å². The highest BCUT2D eigenvalue weighted by Crippen LogP contribution is 2.16. The van der Waals surface area contributed by atoms with Crippen LogP contribution in [0.4, 0.5) is 10.5 Å². The summed E-state index contributed by atoms with van der Waals surface area (Å²) in [6.45, 7) is 2.26. The summed E-state index contributed by atoms with van der Waals surface area (Å²) in [6, 6.07) is 7.24. The van der Waals surface area contributed by atoms with Crippen LogP contribution >= 0.6 is 15.9 Å². The fraction of sp³-hybridized carbons (Fsp3) is 0.385. The molecule has 0 atom stereocenters. The molecule has 1 aliphatic heterocycles. The first-order chi connectivity index (χ1) is 9.54. The van der Waals surface area contributed by atoms with Crippen LogP contribution in [-0.4, -0.2) is 59.6 Å². The molecule has 1 fully saturated rings. The van der Waals surface area contributed by atoms with E-state index in [2.05, 4.69) is 21.2 Å². The largest absolute Gasteiger partial charge is 0.480 e. The first-order valence-corrected chi connectivity index (χ1v) is 7.09. The molecule has 1 aromatic carbocycles. The number of aliphatic carboxylic acids is 1. The molecule has 20 heavy (non-hydrogen) atoms. The van der Waals surface area contributed by atoms with Crippen LogP contribution in [0.15, 0.2) is 28.7 Å². The quantitative estimate of drug-likeness (QED) is 0.877. The molecule has 108 valence electrons. The highest BCUT2D eigenvalue weighted by molar-refractivity contribution is 9.10. The lowest BCUT2D eigenvalue weighted by Crippen LogP contribution is -2.51. The second-order valence-electron chi connectivity index (χ2n) is 4.60. The van der Waals surface area contributed by atoms with Gasteiger partial charge in [-0.05, 0) is 18.2 Å². The zero-order chi connectivity index (χ0) is 14.5. The average molecular weight is 342 g/mol. The normalized spacial score (nSPS) is 15.9. The molecule has 1 heterocycles. The van der Waals surface area contributed by atoms with Crippen LogP contribution in [0.1, 0.15) is 0 Å². The monoisotopic (exact) mass is 341 g/mol. The van der Waals surface area contributed by atoms with Gasteiger partial charge in [0, 0.05) is 36.3 Å². The van der Waals surface area contributed by atoms with Crippen LogP contribution in [0.5, 0.6) is 0 Å². The van der Waals surface area contributed by atoms with Crippen LogP contribution in [0.3, 0.4) is 0 Å². The van der Waals surface area contributed by atoms with Gasteiger partial charge in [0.2, 0.25) is 0 Å². The lowest BCUT2D eigenvalue weighted by atomic mass is 10.3. The smallest absolute Gasteiger partial charge is 0.321 e. The number of carbonyl (C=O) groups excluding carboxylic acids is 1. The number of nitrogens with zero attached hydrogens (tertiary/aromatic N) is 2. The summed E-state index contributed by atoms with van der Waals surface area (Å²) in [7, 11) is 0. The fourth-order valence-corrected chi connectivity index (χ4v) is 2.47.